The SMILES string of the molecule is CN(CCNS(=O)(=O)CCN)C1CC1. The molecule has 84 valence electrons. The van der Waals surface area contributed by atoms with Crippen LogP contribution in [0.3, 0.4) is 0 Å². The van der Waals surface area contributed by atoms with Crippen molar-refractivity contribution in [2.24, 2.45) is 5.73 Å². The van der Waals surface area contributed by atoms with E-state index in [4.69, 9.17) is 5.73 Å². The van der Waals surface area contributed by atoms with Crippen molar-refractivity contribution in [1.29, 1.82) is 0 Å². The predicted octanol–water partition coefficient (Wildman–Crippen LogP) is -1.04. The number of sulfonamides is 1. The Labute approximate surface area is 85.7 Å². The van der Waals surface area contributed by atoms with Crippen molar-refractivity contribution in [3.63, 3.8) is 0 Å². The zero-order valence-corrected chi connectivity index (χ0v) is 9.39. The van der Waals surface area contributed by atoms with Gasteiger partial charge in [0.2, 0.25) is 10.0 Å². The van der Waals surface area contributed by atoms with Gasteiger partial charge >= 0.3 is 0 Å². The van der Waals surface area contributed by atoms with Gasteiger partial charge in [-0.2, -0.15) is 0 Å². The van der Waals surface area contributed by atoms with E-state index >= 15 is 0 Å². The summed E-state index contributed by atoms with van der Waals surface area (Å²) in [5, 5.41) is 0. The maximum Gasteiger partial charge on any atom is 0.212 e. The second-order valence-corrected chi connectivity index (χ2v) is 5.64. The lowest BCUT2D eigenvalue weighted by atomic mass is 10.5. The van der Waals surface area contributed by atoms with Crippen LogP contribution in [0.2, 0.25) is 0 Å². The van der Waals surface area contributed by atoms with E-state index in [1.165, 1.54) is 12.8 Å². The molecule has 0 heterocycles. The molecule has 1 aliphatic carbocycles. The van der Waals surface area contributed by atoms with E-state index in [2.05, 4.69) is 9.62 Å². The van der Waals surface area contributed by atoms with Crippen LogP contribution >= 0.6 is 0 Å². The van der Waals surface area contributed by atoms with E-state index in [0.717, 1.165) is 6.54 Å². The van der Waals surface area contributed by atoms with E-state index in [-0.39, 0.29) is 12.3 Å². The molecule has 1 saturated carbocycles. The molecule has 0 unspecified atom stereocenters. The van der Waals surface area contributed by atoms with Crippen LogP contribution in [-0.2, 0) is 10.0 Å². The fourth-order valence-corrected chi connectivity index (χ4v) is 2.16. The number of nitrogens with zero attached hydrogens (tertiary/aromatic N) is 1. The topological polar surface area (TPSA) is 75.4 Å². The fourth-order valence-electron chi connectivity index (χ4n) is 1.30. The summed E-state index contributed by atoms with van der Waals surface area (Å²) in [6.07, 6.45) is 2.48. The Kier molecular flexibility index (Phi) is 4.31. The number of hydrogen-bond donors (Lipinski definition) is 2. The first kappa shape index (κ1) is 11.9. The summed E-state index contributed by atoms with van der Waals surface area (Å²) in [5.74, 6) is 0.0140. The molecule has 0 aliphatic heterocycles. The van der Waals surface area contributed by atoms with Crippen LogP contribution in [0.4, 0.5) is 0 Å². The summed E-state index contributed by atoms with van der Waals surface area (Å²) < 4.78 is 24.9. The highest BCUT2D eigenvalue weighted by atomic mass is 32.2. The van der Waals surface area contributed by atoms with Gasteiger partial charge in [0.25, 0.3) is 0 Å². The molecule has 14 heavy (non-hydrogen) atoms. The maximum atomic E-state index is 11.2. The Morgan fingerprint density at radius 3 is 2.64 bits per heavy atom. The lowest BCUT2D eigenvalue weighted by Crippen LogP contribution is -2.36. The highest BCUT2D eigenvalue weighted by molar-refractivity contribution is 7.89. The Balaban J connectivity index is 2.13. The number of nitrogens with two attached hydrogens (primary N) is 1. The molecule has 5 nitrogen and oxygen atoms in total. The normalized spacial score (nSPS) is 17.6. The van der Waals surface area contributed by atoms with Gasteiger partial charge in [-0.1, -0.05) is 0 Å². The Bertz CT molecular complexity index is 262. The molecule has 0 spiro atoms. The molecule has 0 aromatic heterocycles. The van der Waals surface area contributed by atoms with Crippen molar-refractivity contribution in [2.75, 3.05) is 32.4 Å². The third-order valence-corrected chi connectivity index (χ3v) is 3.76. The lowest BCUT2D eigenvalue weighted by molar-refractivity contribution is 0.329. The van der Waals surface area contributed by atoms with Gasteiger partial charge in [0.1, 0.15) is 0 Å². The van der Waals surface area contributed by atoms with Crippen LogP contribution in [0.15, 0.2) is 0 Å². The average Bonchev–Trinajstić information content (AvgIpc) is 2.85. The third kappa shape index (κ3) is 4.36. The van der Waals surface area contributed by atoms with Gasteiger partial charge < -0.3 is 10.6 Å². The summed E-state index contributed by atoms with van der Waals surface area (Å²) in [7, 11) is -1.11. The minimum atomic E-state index is -3.13. The Hall–Kier alpha value is -0.170. The quantitative estimate of drug-likeness (QED) is 0.576. The number of rotatable bonds is 7. The molecule has 1 rings (SSSR count). The van der Waals surface area contributed by atoms with E-state index < -0.39 is 10.0 Å². The molecular formula is C8H19N3O2S. The van der Waals surface area contributed by atoms with Crippen LogP contribution < -0.4 is 10.5 Å². The van der Waals surface area contributed by atoms with E-state index in [9.17, 15) is 8.42 Å². The Morgan fingerprint density at radius 1 is 1.50 bits per heavy atom. The number of likely N-dealkylation sites (N-methyl/N-ethyl adjacent to an activating group) is 1. The molecule has 1 fully saturated rings. The second kappa shape index (κ2) is 5.06. The highest BCUT2D eigenvalue weighted by Gasteiger charge is 2.25. The molecule has 0 aromatic carbocycles. The van der Waals surface area contributed by atoms with E-state index in [1.807, 2.05) is 7.05 Å². The predicted molar refractivity (Wildman–Crippen MR) is 56.5 cm³/mol. The molecule has 0 radical (unpaired) electrons. The molecular weight excluding hydrogens is 202 g/mol. The molecule has 0 saturated heterocycles. The van der Waals surface area contributed by atoms with Gasteiger partial charge in [0, 0.05) is 25.7 Å². The standard InChI is InChI=1S/C8H19N3O2S/c1-11(8-2-3-8)6-5-10-14(12,13)7-4-9/h8,10H,2-7,9H2,1H3. The summed E-state index contributed by atoms with van der Waals surface area (Å²) in [6.45, 7) is 1.43. The molecule has 0 bridgehead atoms. The van der Waals surface area contributed by atoms with Crippen LogP contribution in [0.25, 0.3) is 0 Å². The van der Waals surface area contributed by atoms with Gasteiger partial charge in [0.15, 0.2) is 0 Å². The molecule has 3 N–H and O–H groups in total. The first-order chi connectivity index (χ1) is 6.55. The molecule has 0 atom stereocenters. The minimum absolute atomic E-state index is 0.0140. The van der Waals surface area contributed by atoms with Crippen molar-refractivity contribution in [2.45, 2.75) is 18.9 Å². The summed E-state index contributed by atoms with van der Waals surface area (Å²) >= 11 is 0. The number of nitrogens with one attached hydrogen (secondary N) is 1. The van der Waals surface area contributed by atoms with E-state index in [0.29, 0.717) is 12.6 Å². The van der Waals surface area contributed by atoms with Gasteiger partial charge in [0.05, 0.1) is 5.75 Å². The summed E-state index contributed by atoms with van der Waals surface area (Å²) in [5.41, 5.74) is 5.17. The smallest absolute Gasteiger partial charge is 0.212 e. The van der Waals surface area contributed by atoms with E-state index in [1.54, 1.807) is 0 Å². The van der Waals surface area contributed by atoms with Crippen LogP contribution in [-0.4, -0.2) is 51.8 Å². The van der Waals surface area contributed by atoms with Crippen LogP contribution in [0.5, 0.6) is 0 Å². The fraction of sp³-hybridized carbons (Fsp3) is 1.00. The van der Waals surface area contributed by atoms with Gasteiger partial charge in [-0.05, 0) is 19.9 Å². The minimum Gasteiger partial charge on any atom is -0.329 e. The molecule has 0 amide bonds. The second-order valence-electron chi connectivity index (χ2n) is 3.71. The van der Waals surface area contributed by atoms with Crippen molar-refractivity contribution < 1.29 is 8.42 Å². The lowest BCUT2D eigenvalue weighted by Gasteiger charge is -2.15. The third-order valence-electron chi connectivity index (χ3n) is 2.34. The van der Waals surface area contributed by atoms with Crippen molar-refractivity contribution >= 4 is 10.0 Å². The Morgan fingerprint density at radius 2 is 2.14 bits per heavy atom. The monoisotopic (exact) mass is 221 g/mol. The zero-order valence-electron chi connectivity index (χ0n) is 8.57. The van der Waals surface area contributed by atoms with Gasteiger partial charge in [-0.15, -0.1) is 0 Å². The summed E-state index contributed by atoms with van der Waals surface area (Å²) in [6, 6.07) is 0.675. The maximum absolute atomic E-state index is 11.2. The van der Waals surface area contributed by atoms with Crippen LogP contribution in [0.1, 0.15) is 12.8 Å². The van der Waals surface area contributed by atoms with Crippen molar-refractivity contribution in [3.05, 3.63) is 0 Å². The van der Waals surface area contributed by atoms with Gasteiger partial charge in [-0.25, -0.2) is 13.1 Å². The van der Waals surface area contributed by atoms with Crippen molar-refractivity contribution in [1.82, 2.24) is 9.62 Å². The largest absolute Gasteiger partial charge is 0.329 e. The van der Waals surface area contributed by atoms with Crippen LogP contribution in [0, 0.1) is 0 Å². The van der Waals surface area contributed by atoms with Gasteiger partial charge in [-0.3, -0.25) is 0 Å². The number of hydrogen-bond acceptors (Lipinski definition) is 4. The molecule has 1 aliphatic rings. The summed E-state index contributed by atoms with van der Waals surface area (Å²) in [4.78, 5) is 2.19. The molecule has 0 aromatic rings. The highest BCUT2D eigenvalue weighted by Crippen LogP contribution is 2.24. The van der Waals surface area contributed by atoms with Crippen molar-refractivity contribution in [3.8, 4) is 0 Å². The molecule has 6 heteroatoms. The zero-order chi connectivity index (χ0) is 10.6. The average molecular weight is 221 g/mol. The first-order valence-corrected chi connectivity index (χ1v) is 6.58. The first-order valence-electron chi connectivity index (χ1n) is 4.93.